The van der Waals surface area contributed by atoms with E-state index in [9.17, 15) is 8.78 Å². The van der Waals surface area contributed by atoms with Crippen molar-refractivity contribution in [1.82, 2.24) is 10.4 Å². The van der Waals surface area contributed by atoms with Crippen LogP contribution < -0.4 is 11.3 Å². The summed E-state index contributed by atoms with van der Waals surface area (Å²) in [5.74, 6) is 3.01. The minimum absolute atomic E-state index is 0.0200. The van der Waals surface area contributed by atoms with E-state index in [0.29, 0.717) is 12.8 Å². The van der Waals surface area contributed by atoms with Gasteiger partial charge in [-0.05, 0) is 56.7 Å². The molecule has 3 N–H and O–H groups in total. The lowest BCUT2D eigenvalue weighted by Crippen LogP contribution is -2.30. The number of alkyl halides is 2. The molecule has 1 fully saturated rings. The van der Waals surface area contributed by atoms with Crippen LogP contribution in [0.25, 0.3) is 0 Å². The van der Waals surface area contributed by atoms with Crippen LogP contribution in [0.1, 0.15) is 37.4 Å². The van der Waals surface area contributed by atoms with Gasteiger partial charge in [0, 0.05) is 28.0 Å². The zero-order chi connectivity index (χ0) is 14.0. The van der Waals surface area contributed by atoms with Gasteiger partial charge in [0.1, 0.15) is 0 Å². The zero-order valence-electron chi connectivity index (χ0n) is 10.2. The first-order chi connectivity index (χ1) is 8.91. The van der Waals surface area contributed by atoms with E-state index in [-0.39, 0.29) is 24.8 Å². The number of nitrogens with one attached hydrogen (secondary N) is 1. The van der Waals surface area contributed by atoms with E-state index in [4.69, 9.17) is 5.84 Å². The molecule has 0 saturated heterocycles. The quantitative estimate of drug-likeness (QED) is 0.596. The lowest BCUT2D eigenvalue weighted by atomic mass is 9.96. The Bertz CT molecular complexity index is 457. The maximum atomic E-state index is 13.2. The highest BCUT2D eigenvalue weighted by atomic mass is 79.9. The second-order valence-corrected chi connectivity index (χ2v) is 6.71. The van der Waals surface area contributed by atoms with Crippen LogP contribution in [0, 0.1) is 5.92 Å². The van der Waals surface area contributed by atoms with Gasteiger partial charge < -0.3 is 0 Å². The summed E-state index contributed by atoms with van der Waals surface area (Å²) in [6.07, 6.45) is 2.70. The van der Waals surface area contributed by atoms with E-state index >= 15 is 0 Å². The molecule has 1 aromatic heterocycles. The largest absolute Gasteiger partial charge is 0.271 e. The molecule has 106 valence electrons. The van der Waals surface area contributed by atoms with Gasteiger partial charge in [0.2, 0.25) is 5.92 Å². The van der Waals surface area contributed by atoms with E-state index < -0.39 is 5.92 Å². The van der Waals surface area contributed by atoms with Gasteiger partial charge in [0.25, 0.3) is 0 Å². The molecular weight excluding hydrogens is 384 g/mol. The number of hydrazine groups is 1. The highest BCUT2D eigenvalue weighted by molar-refractivity contribution is 9.11. The third kappa shape index (κ3) is 3.93. The monoisotopic (exact) mass is 397 g/mol. The van der Waals surface area contributed by atoms with Crippen molar-refractivity contribution in [2.45, 2.75) is 37.6 Å². The second kappa shape index (κ2) is 6.11. The maximum Gasteiger partial charge on any atom is 0.248 e. The molecule has 0 spiro atoms. The van der Waals surface area contributed by atoms with Crippen molar-refractivity contribution < 1.29 is 8.78 Å². The Labute approximate surface area is 127 Å². The van der Waals surface area contributed by atoms with Crippen molar-refractivity contribution in [3.05, 3.63) is 26.9 Å². The molecular formula is C12H15Br2F2N3. The van der Waals surface area contributed by atoms with E-state index in [1.807, 2.05) is 6.07 Å². The highest BCUT2D eigenvalue weighted by Crippen LogP contribution is 2.42. The van der Waals surface area contributed by atoms with Gasteiger partial charge in [0.15, 0.2) is 0 Å². The van der Waals surface area contributed by atoms with Crippen LogP contribution in [0.3, 0.4) is 0 Å². The molecule has 2 rings (SSSR count). The smallest absolute Gasteiger partial charge is 0.248 e. The van der Waals surface area contributed by atoms with Crippen molar-refractivity contribution in [3.8, 4) is 0 Å². The standard InChI is InChI=1S/C12H15Br2F2N3/c13-8-4-9(14)11(18-6-8)10(19-17)3-7-1-2-12(15,16)5-7/h4,6-7,10,19H,1-3,5,17H2. The zero-order valence-corrected chi connectivity index (χ0v) is 13.3. The van der Waals surface area contributed by atoms with Gasteiger partial charge in [-0.3, -0.25) is 16.3 Å². The fraction of sp³-hybridized carbons (Fsp3) is 0.583. The van der Waals surface area contributed by atoms with Gasteiger partial charge in [-0.1, -0.05) is 0 Å². The molecule has 1 aliphatic rings. The highest BCUT2D eigenvalue weighted by Gasteiger charge is 2.40. The Kier molecular flexibility index (Phi) is 4.92. The minimum atomic E-state index is -2.52. The van der Waals surface area contributed by atoms with Crippen LogP contribution in [0.5, 0.6) is 0 Å². The van der Waals surface area contributed by atoms with Crippen LogP contribution in [-0.4, -0.2) is 10.9 Å². The molecule has 7 heteroatoms. The Balaban J connectivity index is 2.08. The molecule has 2 unspecified atom stereocenters. The number of halogens is 4. The van der Waals surface area contributed by atoms with Gasteiger partial charge in [-0.2, -0.15) is 0 Å². The molecule has 1 saturated carbocycles. The maximum absolute atomic E-state index is 13.2. The number of nitrogens with two attached hydrogens (primary N) is 1. The van der Waals surface area contributed by atoms with Gasteiger partial charge >= 0.3 is 0 Å². The average Bonchev–Trinajstić information content (AvgIpc) is 2.66. The number of rotatable bonds is 4. The normalized spacial score (nSPS) is 23.5. The summed E-state index contributed by atoms with van der Waals surface area (Å²) in [6.45, 7) is 0. The Hall–Kier alpha value is -0.110. The molecule has 0 bridgehead atoms. The Morgan fingerprint density at radius 3 is 2.79 bits per heavy atom. The molecule has 0 aliphatic heterocycles. The summed E-state index contributed by atoms with van der Waals surface area (Å²) in [5.41, 5.74) is 3.43. The average molecular weight is 399 g/mol. The van der Waals surface area contributed by atoms with Crippen LogP contribution in [0.2, 0.25) is 0 Å². The fourth-order valence-corrected chi connectivity index (χ4v) is 3.78. The third-order valence-electron chi connectivity index (χ3n) is 3.44. The van der Waals surface area contributed by atoms with Crippen molar-refractivity contribution in [2.75, 3.05) is 0 Å². The van der Waals surface area contributed by atoms with E-state index in [1.165, 1.54) is 0 Å². The first-order valence-corrected chi connectivity index (χ1v) is 7.65. The van der Waals surface area contributed by atoms with Crippen LogP contribution in [0.4, 0.5) is 8.78 Å². The number of nitrogens with zero attached hydrogens (tertiary/aromatic N) is 1. The fourth-order valence-electron chi connectivity index (χ4n) is 2.52. The summed E-state index contributed by atoms with van der Waals surface area (Å²) < 4.78 is 28.1. The number of hydrogen-bond donors (Lipinski definition) is 2. The number of pyridine rings is 1. The minimum Gasteiger partial charge on any atom is -0.271 e. The second-order valence-electron chi connectivity index (χ2n) is 4.94. The summed E-state index contributed by atoms with van der Waals surface area (Å²) >= 11 is 6.75. The predicted octanol–water partition coefficient (Wildman–Crippen LogP) is 3.94. The lowest BCUT2D eigenvalue weighted by Gasteiger charge is -2.20. The van der Waals surface area contributed by atoms with Crippen molar-refractivity contribution in [1.29, 1.82) is 0 Å². The molecule has 0 aromatic carbocycles. The first-order valence-electron chi connectivity index (χ1n) is 6.06. The van der Waals surface area contributed by atoms with Crippen molar-refractivity contribution >= 4 is 31.9 Å². The molecule has 2 atom stereocenters. The predicted molar refractivity (Wildman–Crippen MR) is 76.6 cm³/mol. The summed E-state index contributed by atoms with van der Waals surface area (Å²) in [6, 6.07) is 1.65. The number of aromatic nitrogens is 1. The van der Waals surface area contributed by atoms with Gasteiger partial charge in [-0.15, -0.1) is 0 Å². The number of hydrogen-bond acceptors (Lipinski definition) is 3. The molecule has 1 heterocycles. The third-order valence-corrected chi connectivity index (χ3v) is 4.51. The topological polar surface area (TPSA) is 50.9 Å². The van der Waals surface area contributed by atoms with Crippen molar-refractivity contribution in [2.24, 2.45) is 11.8 Å². The molecule has 1 aromatic rings. The van der Waals surface area contributed by atoms with Gasteiger partial charge in [-0.25, -0.2) is 8.78 Å². The Morgan fingerprint density at radius 1 is 1.53 bits per heavy atom. The summed E-state index contributed by atoms with van der Waals surface area (Å²) in [4.78, 5) is 4.30. The summed E-state index contributed by atoms with van der Waals surface area (Å²) in [7, 11) is 0. The van der Waals surface area contributed by atoms with E-state index in [2.05, 4.69) is 42.3 Å². The van der Waals surface area contributed by atoms with Crippen molar-refractivity contribution in [3.63, 3.8) is 0 Å². The van der Waals surface area contributed by atoms with Gasteiger partial charge in [0.05, 0.1) is 11.7 Å². The Morgan fingerprint density at radius 2 is 2.26 bits per heavy atom. The molecule has 0 amide bonds. The molecule has 1 aliphatic carbocycles. The molecule has 19 heavy (non-hydrogen) atoms. The van der Waals surface area contributed by atoms with Crippen LogP contribution in [0.15, 0.2) is 21.2 Å². The lowest BCUT2D eigenvalue weighted by molar-refractivity contribution is 0.00428. The SMILES string of the molecule is NNC(CC1CCC(F)(F)C1)c1ncc(Br)cc1Br. The van der Waals surface area contributed by atoms with E-state index in [0.717, 1.165) is 14.6 Å². The van der Waals surface area contributed by atoms with Crippen LogP contribution in [-0.2, 0) is 0 Å². The molecule has 3 nitrogen and oxygen atoms in total. The first kappa shape index (κ1) is 15.3. The summed E-state index contributed by atoms with van der Waals surface area (Å²) in [5, 5.41) is 0. The van der Waals surface area contributed by atoms with E-state index in [1.54, 1.807) is 6.20 Å². The van der Waals surface area contributed by atoms with Crippen LogP contribution >= 0.6 is 31.9 Å². The molecule has 0 radical (unpaired) electrons.